The van der Waals surface area contributed by atoms with Gasteiger partial charge >= 0.3 is 5.69 Å². The van der Waals surface area contributed by atoms with E-state index >= 15 is 0 Å². The Morgan fingerprint density at radius 3 is 2.25 bits per heavy atom. The van der Waals surface area contributed by atoms with Gasteiger partial charge in [0, 0.05) is 16.7 Å². The van der Waals surface area contributed by atoms with Crippen LogP contribution in [0, 0.1) is 0 Å². The molecule has 0 fully saturated rings. The zero-order valence-corrected chi connectivity index (χ0v) is 18.1. The number of halogens is 1. The Morgan fingerprint density at radius 1 is 0.906 bits per heavy atom. The van der Waals surface area contributed by atoms with Crippen molar-refractivity contribution in [3.63, 3.8) is 0 Å². The van der Waals surface area contributed by atoms with Gasteiger partial charge in [0.15, 0.2) is 17.3 Å². The van der Waals surface area contributed by atoms with Crippen LogP contribution in [0.5, 0.6) is 11.5 Å². The van der Waals surface area contributed by atoms with Gasteiger partial charge in [-0.3, -0.25) is 14.2 Å². The molecule has 1 aromatic heterocycles. The molecule has 0 aliphatic heterocycles. The molecule has 7 nitrogen and oxygen atoms in total. The fourth-order valence-electron chi connectivity index (χ4n) is 3.55. The summed E-state index contributed by atoms with van der Waals surface area (Å²) in [4.78, 5) is 39.8. The third-order valence-electron chi connectivity index (χ3n) is 5.11. The molecule has 0 aliphatic carbocycles. The van der Waals surface area contributed by atoms with Crippen LogP contribution in [-0.4, -0.2) is 29.1 Å². The number of carbonyl (C=O) groups is 1. The molecular weight excluding hydrogens is 432 g/mol. The number of ketones is 1. The maximum Gasteiger partial charge on any atom is 0.336 e. The first kappa shape index (κ1) is 21.4. The zero-order chi connectivity index (χ0) is 22.8. The highest BCUT2D eigenvalue weighted by atomic mass is 35.5. The molecule has 3 aromatic carbocycles. The summed E-state index contributed by atoms with van der Waals surface area (Å²) in [7, 11) is 2.91. The van der Waals surface area contributed by atoms with Crippen LogP contribution in [0.1, 0.15) is 10.4 Å². The molecule has 4 aromatic rings. The first-order valence-corrected chi connectivity index (χ1v) is 10.1. The van der Waals surface area contributed by atoms with Gasteiger partial charge in [-0.05, 0) is 24.3 Å². The van der Waals surface area contributed by atoms with Gasteiger partial charge in [-0.2, -0.15) is 0 Å². The lowest BCUT2D eigenvalue weighted by Crippen LogP contribution is -2.40. The largest absolute Gasteiger partial charge is 0.493 e. The van der Waals surface area contributed by atoms with Crippen LogP contribution < -0.4 is 20.7 Å². The van der Waals surface area contributed by atoms with Gasteiger partial charge < -0.3 is 9.47 Å². The summed E-state index contributed by atoms with van der Waals surface area (Å²) in [6.07, 6.45) is 0. The molecule has 0 aliphatic rings. The Labute approximate surface area is 188 Å². The van der Waals surface area contributed by atoms with Crippen molar-refractivity contribution in [2.24, 2.45) is 0 Å². The fourth-order valence-corrected chi connectivity index (χ4v) is 3.73. The van der Waals surface area contributed by atoms with Crippen LogP contribution in [0.4, 0.5) is 0 Å². The minimum Gasteiger partial charge on any atom is -0.493 e. The standard InChI is InChI=1S/C24H19ClN2O5/c1-31-21-12-18-19(13-22(21)32-2)26(14-20(28)15-7-4-3-5-8-15)24(30)27(23(18)29)17-10-6-9-16(25)11-17/h3-13H,14H2,1-2H3. The van der Waals surface area contributed by atoms with E-state index in [1.54, 1.807) is 48.5 Å². The normalized spacial score (nSPS) is 10.8. The quantitative estimate of drug-likeness (QED) is 0.418. The number of Topliss-reactive ketones (excluding diaryl/α,β-unsaturated/α-hetero) is 1. The molecule has 0 bridgehead atoms. The van der Waals surface area contributed by atoms with E-state index in [9.17, 15) is 14.4 Å². The summed E-state index contributed by atoms with van der Waals surface area (Å²) in [5.74, 6) is 0.384. The molecule has 0 saturated carbocycles. The van der Waals surface area contributed by atoms with Gasteiger partial charge in [0.05, 0.1) is 37.4 Å². The average Bonchev–Trinajstić information content (AvgIpc) is 2.81. The van der Waals surface area contributed by atoms with E-state index in [0.29, 0.717) is 27.8 Å². The molecule has 0 spiro atoms. The highest BCUT2D eigenvalue weighted by Gasteiger charge is 2.20. The first-order valence-electron chi connectivity index (χ1n) is 9.70. The van der Waals surface area contributed by atoms with Crippen molar-refractivity contribution in [1.82, 2.24) is 9.13 Å². The molecule has 0 amide bonds. The second kappa shape index (κ2) is 8.72. The minimum absolute atomic E-state index is 0.197. The Kier molecular flexibility index (Phi) is 5.83. The molecule has 0 saturated heterocycles. The Hall–Kier alpha value is -3.84. The third-order valence-corrected chi connectivity index (χ3v) is 5.35. The van der Waals surface area contributed by atoms with Crippen molar-refractivity contribution in [2.75, 3.05) is 14.2 Å². The summed E-state index contributed by atoms with van der Waals surface area (Å²) in [6, 6.07) is 18.1. The van der Waals surface area contributed by atoms with Crippen molar-refractivity contribution in [1.29, 1.82) is 0 Å². The fraction of sp³-hybridized carbons (Fsp3) is 0.125. The molecule has 162 valence electrons. The second-order valence-corrected chi connectivity index (χ2v) is 7.44. The van der Waals surface area contributed by atoms with Crippen LogP contribution in [0.25, 0.3) is 16.6 Å². The summed E-state index contributed by atoms with van der Waals surface area (Å²) in [5, 5.41) is 0.566. The zero-order valence-electron chi connectivity index (χ0n) is 17.4. The van der Waals surface area contributed by atoms with Gasteiger partial charge in [0.1, 0.15) is 0 Å². The van der Waals surface area contributed by atoms with Gasteiger partial charge in [-0.15, -0.1) is 0 Å². The molecule has 1 heterocycles. The Balaban J connectivity index is 2.04. The average molecular weight is 451 g/mol. The highest BCUT2D eigenvalue weighted by Crippen LogP contribution is 2.30. The van der Waals surface area contributed by atoms with E-state index < -0.39 is 11.2 Å². The number of hydrogen-bond acceptors (Lipinski definition) is 5. The number of hydrogen-bond donors (Lipinski definition) is 0. The summed E-state index contributed by atoms with van der Waals surface area (Å²) >= 11 is 6.09. The predicted molar refractivity (Wildman–Crippen MR) is 123 cm³/mol. The molecule has 0 unspecified atom stereocenters. The monoisotopic (exact) mass is 450 g/mol. The molecule has 0 N–H and O–H groups in total. The van der Waals surface area contributed by atoms with Crippen LogP contribution in [-0.2, 0) is 6.54 Å². The number of aromatic nitrogens is 2. The van der Waals surface area contributed by atoms with Crippen LogP contribution in [0.3, 0.4) is 0 Å². The summed E-state index contributed by atoms with van der Waals surface area (Å²) in [6.45, 7) is -0.268. The van der Waals surface area contributed by atoms with Crippen molar-refractivity contribution in [3.8, 4) is 17.2 Å². The van der Waals surface area contributed by atoms with Gasteiger partial charge in [-0.25, -0.2) is 9.36 Å². The van der Waals surface area contributed by atoms with Crippen LogP contribution in [0.15, 0.2) is 76.3 Å². The summed E-state index contributed by atoms with van der Waals surface area (Å²) in [5.41, 5.74) is -0.211. The second-order valence-electron chi connectivity index (χ2n) is 7.00. The summed E-state index contributed by atoms with van der Waals surface area (Å²) < 4.78 is 12.9. The maximum absolute atomic E-state index is 13.5. The number of benzene rings is 3. The molecule has 8 heteroatoms. The lowest BCUT2D eigenvalue weighted by Gasteiger charge is -2.16. The van der Waals surface area contributed by atoms with Gasteiger partial charge in [0.25, 0.3) is 5.56 Å². The molecule has 0 radical (unpaired) electrons. The number of methoxy groups -OCH3 is 2. The smallest absolute Gasteiger partial charge is 0.336 e. The molecule has 4 rings (SSSR count). The van der Waals surface area contributed by atoms with Gasteiger partial charge in [0.2, 0.25) is 0 Å². The highest BCUT2D eigenvalue weighted by molar-refractivity contribution is 6.30. The molecule has 32 heavy (non-hydrogen) atoms. The Bertz CT molecular complexity index is 1440. The van der Waals surface area contributed by atoms with E-state index in [0.717, 1.165) is 4.57 Å². The lowest BCUT2D eigenvalue weighted by molar-refractivity contribution is 0.0971. The molecule has 0 atom stereocenters. The number of fused-ring (bicyclic) bond motifs is 1. The SMILES string of the molecule is COc1cc2c(=O)n(-c3cccc(Cl)c3)c(=O)n(CC(=O)c3ccccc3)c2cc1OC. The van der Waals surface area contributed by atoms with E-state index in [4.69, 9.17) is 21.1 Å². The Morgan fingerprint density at radius 2 is 1.59 bits per heavy atom. The third kappa shape index (κ3) is 3.78. The molecular formula is C24H19ClN2O5. The number of rotatable bonds is 6. The lowest BCUT2D eigenvalue weighted by atomic mass is 10.1. The number of ether oxygens (including phenoxy) is 2. The van der Waals surface area contributed by atoms with E-state index in [1.165, 1.54) is 37.0 Å². The van der Waals surface area contributed by atoms with Crippen molar-refractivity contribution >= 4 is 28.3 Å². The van der Waals surface area contributed by atoms with Crippen molar-refractivity contribution < 1.29 is 14.3 Å². The van der Waals surface area contributed by atoms with E-state index in [2.05, 4.69) is 0 Å². The topological polar surface area (TPSA) is 79.5 Å². The minimum atomic E-state index is -0.665. The number of nitrogens with zero attached hydrogens (tertiary/aromatic N) is 2. The van der Waals surface area contributed by atoms with Gasteiger partial charge in [-0.1, -0.05) is 48.0 Å². The van der Waals surface area contributed by atoms with Crippen molar-refractivity contribution in [3.05, 3.63) is 98.2 Å². The first-order chi connectivity index (χ1) is 15.4. The van der Waals surface area contributed by atoms with Crippen molar-refractivity contribution in [2.45, 2.75) is 6.54 Å². The van der Waals surface area contributed by atoms with Crippen LogP contribution >= 0.6 is 11.6 Å². The predicted octanol–water partition coefficient (Wildman–Crippen LogP) is 3.71. The van der Waals surface area contributed by atoms with Crippen LogP contribution in [0.2, 0.25) is 5.02 Å². The number of carbonyl (C=O) groups excluding carboxylic acids is 1. The van der Waals surface area contributed by atoms with E-state index in [-0.39, 0.29) is 23.2 Å². The van der Waals surface area contributed by atoms with E-state index in [1.807, 2.05) is 0 Å². The maximum atomic E-state index is 13.5.